The monoisotopic (exact) mass is 711 g/mol. The topological polar surface area (TPSA) is 80.3 Å². The van der Waals surface area contributed by atoms with Crippen LogP contribution in [0.3, 0.4) is 0 Å². The smallest absolute Gasteiger partial charge is 0.457 e. The molecule has 0 aliphatic carbocycles. The fourth-order valence-corrected chi connectivity index (χ4v) is 4.72. The maximum atomic E-state index is 14.9. The molecule has 0 saturated heterocycles. The van der Waals surface area contributed by atoms with Gasteiger partial charge in [0, 0.05) is 22.4 Å². The third kappa shape index (κ3) is 5.97. The summed E-state index contributed by atoms with van der Waals surface area (Å²) >= 11 is 14.4. The first-order valence-corrected chi connectivity index (χ1v) is 12.4. The number of nitrogens with one attached hydrogen (secondary N) is 2. The van der Waals surface area contributed by atoms with Crippen LogP contribution < -0.4 is 15.4 Å². The minimum Gasteiger partial charge on any atom is -0.494 e. The van der Waals surface area contributed by atoms with Gasteiger partial charge in [-0.05, 0) is 46.3 Å². The minimum atomic E-state index is -6.94. The zero-order chi connectivity index (χ0) is 31.8. The molecule has 2 N–H and O–H groups in total. The highest BCUT2D eigenvalue weighted by molar-refractivity contribution is 9.10. The van der Waals surface area contributed by atoms with Gasteiger partial charge in [0.2, 0.25) is 0 Å². The Balaban J connectivity index is 2.00. The van der Waals surface area contributed by atoms with Gasteiger partial charge in [-0.15, -0.1) is 0 Å². The number of alkyl halides is 9. The zero-order valence-corrected chi connectivity index (χ0v) is 23.4. The molecule has 3 rings (SSSR count). The number of amides is 2. The van der Waals surface area contributed by atoms with E-state index in [1.165, 1.54) is 36.7 Å². The lowest BCUT2D eigenvalue weighted by atomic mass is 9.87. The molecule has 42 heavy (non-hydrogen) atoms. The largest absolute Gasteiger partial charge is 0.494 e. The quantitative estimate of drug-likeness (QED) is 0.241. The average molecular weight is 713 g/mol. The van der Waals surface area contributed by atoms with E-state index in [0.717, 1.165) is 7.11 Å². The van der Waals surface area contributed by atoms with Crippen LogP contribution in [0.15, 0.2) is 53.3 Å². The highest BCUT2D eigenvalue weighted by atomic mass is 79.9. The highest BCUT2D eigenvalue weighted by Crippen LogP contribution is 2.59. The minimum absolute atomic E-state index is 0.00150. The molecular weight excluding hydrogens is 700 g/mol. The Bertz CT molecular complexity index is 1510. The Morgan fingerprint density at radius 3 is 2.00 bits per heavy atom. The number of hydrogen-bond donors (Lipinski definition) is 2. The predicted octanol–water partition coefficient (Wildman–Crippen LogP) is 8.59. The standard InChI is InChI=1S/C24H13BrCl2F9N3O3/c1-42-18-12(3-2-4-16(18)38-19(40)11-5-6-37-9-15(11)27)20(41)39-17-13(25)7-10(8-14(17)26)21(28,23(31,32)33)22(29,30)24(34,35)36/h2-9H,1H3,(H,38,40)(H,39,41). The van der Waals surface area contributed by atoms with Gasteiger partial charge in [0.1, 0.15) is 0 Å². The van der Waals surface area contributed by atoms with Crippen LogP contribution in [0.5, 0.6) is 5.75 Å². The second-order valence-corrected chi connectivity index (χ2v) is 9.86. The van der Waals surface area contributed by atoms with Crippen LogP contribution in [0.1, 0.15) is 26.3 Å². The van der Waals surface area contributed by atoms with Crippen molar-refractivity contribution in [3.8, 4) is 5.75 Å². The van der Waals surface area contributed by atoms with E-state index >= 15 is 0 Å². The van der Waals surface area contributed by atoms with Crippen molar-refractivity contribution in [3.63, 3.8) is 0 Å². The van der Waals surface area contributed by atoms with Crippen LogP contribution in [-0.4, -0.2) is 42.2 Å². The first kappa shape index (κ1) is 33.3. The lowest BCUT2D eigenvalue weighted by Crippen LogP contribution is -2.59. The molecule has 1 unspecified atom stereocenters. The van der Waals surface area contributed by atoms with Gasteiger partial charge in [-0.3, -0.25) is 14.6 Å². The van der Waals surface area contributed by atoms with Gasteiger partial charge in [0.15, 0.2) is 5.75 Å². The number of para-hydroxylation sites is 1. The van der Waals surface area contributed by atoms with Gasteiger partial charge in [-0.1, -0.05) is 29.3 Å². The molecule has 0 radical (unpaired) electrons. The van der Waals surface area contributed by atoms with Crippen molar-refractivity contribution in [1.82, 2.24) is 4.98 Å². The third-order valence-electron chi connectivity index (χ3n) is 5.59. The number of halogens is 12. The molecule has 6 nitrogen and oxygen atoms in total. The summed E-state index contributed by atoms with van der Waals surface area (Å²) in [5.41, 5.74) is -9.40. The molecule has 0 saturated carbocycles. The number of rotatable bonds is 7. The Labute approximate surface area is 248 Å². The second kappa shape index (κ2) is 11.8. The van der Waals surface area contributed by atoms with Crippen LogP contribution in [-0.2, 0) is 5.67 Å². The van der Waals surface area contributed by atoms with Crippen LogP contribution in [0, 0.1) is 0 Å². The molecule has 0 fully saturated rings. The Hall–Kier alpha value is -3.24. The summed E-state index contributed by atoms with van der Waals surface area (Å²) in [6, 6.07) is 4.96. The summed E-state index contributed by atoms with van der Waals surface area (Å²) in [5.74, 6) is -8.98. The maximum Gasteiger partial charge on any atom is 0.457 e. The summed E-state index contributed by atoms with van der Waals surface area (Å²) in [4.78, 5) is 29.4. The van der Waals surface area contributed by atoms with Gasteiger partial charge in [-0.25, -0.2) is 4.39 Å². The summed E-state index contributed by atoms with van der Waals surface area (Å²) < 4.78 is 126. The highest BCUT2D eigenvalue weighted by Gasteiger charge is 2.81. The fraction of sp³-hybridized carbons (Fsp3) is 0.208. The summed E-state index contributed by atoms with van der Waals surface area (Å²) in [6.07, 6.45) is -11.2. The van der Waals surface area contributed by atoms with E-state index in [9.17, 15) is 49.1 Å². The fourth-order valence-electron chi connectivity index (χ4n) is 3.57. The molecule has 0 aliphatic rings. The molecule has 18 heteroatoms. The van der Waals surface area contributed by atoms with Crippen LogP contribution in [0.2, 0.25) is 10.0 Å². The van der Waals surface area contributed by atoms with Crippen molar-refractivity contribution in [2.45, 2.75) is 23.9 Å². The Morgan fingerprint density at radius 1 is 0.857 bits per heavy atom. The number of nitrogens with zero attached hydrogens (tertiary/aromatic N) is 1. The molecular formula is C24H13BrCl2F9N3O3. The molecule has 1 aromatic heterocycles. The van der Waals surface area contributed by atoms with Gasteiger partial charge in [0.25, 0.3) is 11.8 Å². The Morgan fingerprint density at radius 2 is 1.48 bits per heavy atom. The Kier molecular flexibility index (Phi) is 9.35. The summed E-state index contributed by atoms with van der Waals surface area (Å²) in [6.45, 7) is 0. The van der Waals surface area contributed by atoms with Gasteiger partial charge in [-0.2, -0.15) is 35.1 Å². The van der Waals surface area contributed by atoms with Crippen molar-refractivity contribution in [2.24, 2.45) is 0 Å². The average Bonchev–Trinajstić information content (AvgIpc) is 2.88. The SMILES string of the molecule is COc1c(NC(=O)c2ccncc2Cl)cccc1C(=O)Nc1c(Cl)cc(C(F)(C(F)(F)F)C(F)(F)C(F)(F)F)cc1Br. The van der Waals surface area contributed by atoms with Crippen molar-refractivity contribution in [1.29, 1.82) is 0 Å². The summed E-state index contributed by atoms with van der Waals surface area (Å²) in [5, 5.41) is 3.55. The number of carbonyl (C=O) groups excluding carboxylic acids is 2. The van der Waals surface area contributed by atoms with E-state index in [4.69, 9.17) is 27.9 Å². The van der Waals surface area contributed by atoms with Crippen molar-refractivity contribution in [2.75, 3.05) is 17.7 Å². The van der Waals surface area contributed by atoms with Crippen LogP contribution >= 0.6 is 39.1 Å². The number of hydrogen-bond acceptors (Lipinski definition) is 4. The first-order valence-electron chi connectivity index (χ1n) is 10.9. The summed E-state index contributed by atoms with van der Waals surface area (Å²) in [7, 11) is 1.12. The number of anilines is 2. The number of aromatic nitrogens is 1. The predicted molar refractivity (Wildman–Crippen MR) is 137 cm³/mol. The number of benzene rings is 2. The van der Waals surface area contributed by atoms with Crippen molar-refractivity contribution < 1.29 is 53.8 Å². The third-order valence-corrected chi connectivity index (χ3v) is 6.81. The lowest BCUT2D eigenvalue weighted by Gasteiger charge is -2.36. The van der Waals surface area contributed by atoms with E-state index in [-0.39, 0.29) is 39.7 Å². The van der Waals surface area contributed by atoms with Gasteiger partial charge in [0.05, 0.1) is 39.7 Å². The number of methoxy groups -OCH3 is 1. The number of carbonyl (C=O) groups is 2. The van der Waals surface area contributed by atoms with Crippen molar-refractivity contribution >= 4 is 62.3 Å². The van der Waals surface area contributed by atoms with Crippen LogP contribution in [0.4, 0.5) is 50.9 Å². The van der Waals surface area contributed by atoms with Crippen LogP contribution in [0.25, 0.3) is 0 Å². The van der Waals surface area contributed by atoms with E-state index in [1.54, 1.807) is 0 Å². The maximum absolute atomic E-state index is 14.9. The van der Waals surface area contributed by atoms with E-state index in [0.29, 0.717) is 0 Å². The molecule has 1 atom stereocenters. The second-order valence-electron chi connectivity index (χ2n) is 8.19. The first-order chi connectivity index (χ1) is 19.3. The van der Waals surface area contributed by atoms with E-state index in [2.05, 4.69) is 31.5 Å². The molecule has 2 amide bonds. The number of pyridine rings is 1. The molecule has 2 aromatic carbocycles. The molecule has 0 bridgehead atoms. The lowest BCUT2D eigenvalue weighted by molar-refractivity contribution is -0.389. The van der Waals surface area contributed by atoms with Gasteiger partial charge < -0.3 is 15.4 Å². The number of ether oxygens (including phenoxy) is 1. The van der Waals surface area contributed by atoms with E-state index in [1.807, 2.05) is 0 Å². The molecule has 0 aliphatic heterocycles. The zero-order valence-electron chi connectivity index (χ0n) is 20.3. The van der Waals surface area contributed by atoms with E-state index < -0.39 is 56.5 Å². The molecule has 226 valence electrons. The normalized spacial score (nSPS) is 13.7. The molecule has 0 spiro atoms. The van der Waals surface area contributed by atoms with Gasteiger partial charge >= 0.3 is 23.9 Å². The molecule has 3 aromatic rings. The molecule has 1 heterocycles. The van der Waals surface area contributed by atoms with Crippen molar-refractivity contribution in [3.05, 3.63) is 80.0 Å².